The van der Waals surface area contributed by atoms with Crippen molar-refractivity contribution in [3.63, 3.8) is 0 Å². The van der Waals surface area contributed by atoms with Gasteiger partial charge in [-0.1, -0.05) is 0 Å². The summed E-state index contributed by atoms with van der Waals surface area (Å²) in [6.45, 7) is 0. The monoisotopic (exact) mass is 362 g/mol. The van der Waals surface area contributed by atoms with Crippen LogP contribution in [0.5, 0.6) is 0 Å². The first-order chi connectivity index (χ1) is 12.1. The second-order valence-electron chi connectivity index (χ2n) is 4.95. The number of nitrogens with zero attached hydrogens (tertiary/aromatic N) is 3. The number of nitrogen functional groups attached to an aromatic ring is 1. The van der Waals surface area contributed by atoms with E-state index in [-0.39, 0.29) is 22.5 Å². The third kappa shape index (κ3) is 3.08. The number of hydrogen-bond acceptors (Lipinski definition) is 6. The molecule has 7 nitrogen and oxygen atoms in total. The van der Waals surface area contributed by atoms with Crippen molar-refractivity contribution in [1.82, 2.24) is 4.57 Å². The molecule has 1 aromatic carbocycles. The zero-order chi connectivity index (χ0) is 19.6. The molecule has 0 bridgehead atoms. The van der Waals surface area contributed by atoms with Crippen LogP contribution in [0.25, 0.3) is 5.69 Å². The topological polar surface area (TPSA) is 122 Å². The largest absolute Gasteiger partial charge is 0.464 e. The standard InChI is InChI=1S/C16H9F3N4O3/c1-26-15(25)13-12(22)9(6-21)7-23(13)11-3-2-8(5-20)4-10(11)14(24)16(17,18)19/h2-4,7H,22H2,1H3. The van der Waals surface area contributed by atoms with E-state index in [1.54, 1.807) is 12.1 Å². The smallest absolute Gasteiger partial charge is 0.454 e. The van der Waals surface area contributed by atoms with Crippen molar-refractivity contribution in [3.8, 4) is 17.8 Å². The summed E-state index contributed by atoms with van der Waals surface area (Å²) in [4.78, 5) is 23.7. The molecule has 0 saturated heterocycles. The maximum atomic E-state index is 12.9. The zero-order valence-electron chi connectivity index (χ0n) is 13.1. The molecular formula is C16H9F3N4O3. The number of aromatic nitrogens is 1. The molecule has 0 atom stereocenters. The second kappa shape index (κ2) is 6.61. The lowest BCUT2D eigenvalue weighted by Crippen LogP contribution is -2.25. The Balaban J connectivity index is 2.86. The fourth-order valence-electron chi connectivity index (χ4n) is 2.25. The van der Waals surface area contributed by atoms with Gasteiger partial charge in [0, 0.05) is 6.20 Å². The Hall–Kier alpha value is -3.79. The number of carbonyl (C=O) groups excluding carboxylic acids is 2. The molecule has 2 rings (SSSR count). The number of rotatable bonds is 3. The molecule has 0 aliphatic rings. The summed E-state index contributed by atoms with van der Waals surface area (Å²) < 4.78 is 44.2. The summed E-state index contributed by atoms with van der Waals surface area (Å²) in [5.74, 6) is -3.23. The van der Waals surface area contributed by atoms with Crippen molar-refractivity contribution < 1.29 is 27.5 Å². The molecule has 10 heteroatoms. The van der Waals surface area contributed by atoms with Gasteiger partial charge in [0.1, 0.15) is 6.07 Å². The van der Waals surface area contributed by atoms with Gasteiger partial charge in [-0.25, -0.2) is 4.79 Å². The van der Waals surface area contributed by atoms with E-state index >= 15 is 0 Å². The van der Waals surface area contributed by atoms with Crippen LogP contribution in [-0.4, -0.2) is 29.6 Å². The first-order valence-corrected chi connectivity index (χ1v) is 6.81. The Morgan fingerprint density at radius 2 is 1.88 bits per heavy atom. The number of Topliss-reactive ketones (excluding diaryl/α,β-unsaturated/α-hetero) is 1. The number of nitriles is 2. The van der Waals surface area contributed by atoms with Crippen molar-refractivity contribution in [1.29, 1.82) is 10.5 Å². The minimum absolute atomic E-state index is 0.193. The van der Waals surface area contributed by atoms with Crippen LogP contribution in [0.2, 0.25) is 0 Å². The van der Waals surface area contributed by atoms with Gasteiger partial charge in [0.05, 0.1) is 41.2 Å². The van der Waals surface area contributed by atoms with Crippen molar-refractivity contribution in [2.45, 2.75) is 6.18 Å². The van der Waals surface area contributed by atoms with Crippen LogP contribution in [-0.2, 0) is 4.74 Å². The average molecular weight is 362 g/mol. The Bertz CT molecular complexity index is 994. The molecule has 0 unspecified atom stereocenters. The molecule has 0 fully saturated rings. The van der Waals surface area contributed by atoms with Gasteiger partial charge in [0.2, 0.25) is 0 Å². The maximum Gasteiger partial charge on any atom is 0.454 e. The fourth-order valence-corrected chi connectivity index (χ4v) is 2.25. The zero-order valence-corrected chi connectivity index (χ0v) is 13.1. The van der Waals surface area contributed by atoms with E-state index in [4.69, 9.17) is 16.3 Å². The third-order valence-corrected chi connectivity index (χ3v) is 3.43. The summed E-state index contributed by atoms with van der Waals surface area (Å²) in [5, 5.41) is 18.0. The van der Waals surface area contributed by atoms with Crippen molar-refractivity contribution in [3.05, 3.63) is 46.8 Å². The number of alkyl halides is 3. The highest BCUT2D eigenvalue weighted by atomic mass is 19.4. The van der Waals surface area contributed by atoms with Gasteiger partial charge in [-0.3, -0.25) is 4.79 Å². The second-order valence-corrected chi connectivity index (χ2v) is 4.95. The van der Waals surface area contributed by atoms with Gasteiger partial charge < -0.3 is 15.0 Å². The Morgan fingerprint density at radius 3 is 2.38 bits per heavy atom. The number of halogens is 3. The highest BCUT2D eigenvalue weighted by Crippen LogP contribution is 2.30. The van der Waals surface area contributed by atoms with E-state index in [1.807, 2.05) is 0 Å². The molecule has 26 heavy (non-hydrogen) atoms. The molecule has 0 aliphatic carbocycles. The lowest BCUT2D eigenvalue weighted by molar-refractivity contribution is -0.0885. The van der Waals surface area contributed by atoms with Crippen molar-refractivity contribution in [2.24, 2.45) is 0 Å². The minimum atomic E-state index is -5.22. The van der Waals surface area contributed by atoms with Crippen LogP contribution in [0.15, 0.2) is 24.4 Å². The molecule has 0 radical (unpaired) electrons. The van der Waals surface area contributed by atoms with Gasteiger partial charge in [-0.05, 0) is 18.2 Å². The molecule has 0 amide bonds. The number of hydrogen-bond donors (Lipinski definition) is 1. The van der Waals surface area contributed by atoms with Crippen LogP contribution in [0, 0.1) is 22.7 Å². The molecule has 0 saturated carbocycles. The van der Waals surface area contributed by atoms with E-state index in [1.165, 1.54) is 0 Å². The number of ether oxygens (including phenoxy) is 1. The van der Waals surface area contributed by atoms with Crippen molar-refractivity contribution >= 4 is 17.4 Å². The fraction of sp³-hybridized carbons (Fsp3) is 0.125. The Morgan fingerprint density at radius 1 is 1.23 bits per heavy atom. The first-order valence-electron chi connectivity index (χ1n) is 6.81. The third-order valence-electron chi connectivity index (χ3n) is 3.43. The SMILES string of the molecule is COC(=O)c1c(N)c(C#N)cn1-c1ccc(C#N)cc1C(=O)C(F)(F)F. The van der Waals surface area contributed by atoms with E-state index < -0.39 is 29.2 Å². The van der Waals surface area contributed by atoms with Gasteiger partial charge in [0.15, 0.2) is 5.69 Å². The molecule has 1 aromatic heterocycles. The summed E-state index contributed by atoms with van der Waals surface area (Å²) >= 11 is 0. The molecule has 2 aromatic rings. The summed E-state index contributed by atoms with van der Waals surface area (Å²) in [5.41, 5.74) is 3.33. The Kier molecular flexibility index (Phi) is 4.71. The molecular weight excluding hydrogens is 353 g/mol. The highest BCUT2D eigenvalue weighted by Gasteiger charge is 2.41. The number of esters is 1. The summed E-state index contributed by atoms with van der Waals surface area (Å²) in [7, 11) is 1.02. The lowest BCUT2D eigenvalue weighted by Gasteiger charge is -2.14. The van der Waals surface area contributed by atoms with Crippen LogP contribution in [0.4, 0.5) is 18.9 Å². The highest BCUT2D eigenvalue weighted by molar-refractivity contribution is 6.04. The molecule has 2 N–H and O–H groups in total. The van der Waals surface area contributed by atoms with Gasteiger partial charge in [-0.15, -0.1) is 0 Å². The van der Waals surface area contributed by atoms with Crippen LogP contribution in [0.1, 0.15) is 32.0 Å². The van der Waals surface area contributed by atoms with Gasteiger partial charge >= 0.3 is 12.1 Å². The average Bonchev–Trinajstić information content (AvgIpc) is 2.95. The molecule has 1 heterocycles. The number of carbonyl (C=O) groups is 2. The molecule has 132 valence electrons. The van der Waals surface area contributed by atoms with Gasteiger partial charge in [-0.2, -0.15) is 23.7 Å². The number of benzene rings is 1. The van der Waals surface area contributed by atoms with Crippen molar-refractivity contribution in [2.75, 3.05) is 12.8 Å². The predicted molar refractivity (Wildman–Crippen MR) is 81.3 cm³/mol. The van der Waals surface area contributed by atoms with E-state index in [0.29, 0.717) is 0 Å². The molecule has 0 aliphatic heterocycles. The van der Waals surface area contributed by atoms with Crippen LogP contribution >= 0.6 is 0 Å². The number of anilines is 1. The summed E-state index contributed by atoms with van der Waals surface area (Å²) in [6.07, 6.45) is -4.21. The van der Waals surface area contributed by atoms with Crippen LogP contribution < -0.4 is 5.73 Å². The normalized spacial score (nSPS) is 10.7. The number of nitrogens with two attached hydrogens (primary N) is 1. The Labute approximate surface area is 144 Å². The minimum Gasteiger partial charge on any atom is -0.464 e. The maximum absolute atomic E-state index is 12.9. The van der Waals surface area contributed by atoms with Gasteiger partial charge in [0.25, 0.3) is 5.78 Å². The number of ketones is 1. The quantitative estimate of drug-likeness (QED) is 0.660. The van der Waals surface area contributed by atoms with E-state index in [0.717, 1.165) is 36.1 Å². The summed E-state index contributed by atoms with van der Waals surface area (Å²) in [6, 6.07) is 6.27. The van der Waals surface area contributed by atoms with Crippen LogP contribution in [0.3, 0.4) is 0 Å². The predicted octanol–water partition coefficient (Wildman–Crippen LogP) is 2.33. The van der Waals surface area contributed by atoms with E-state index in [2.05, 4.69) is 4.74 Å². The van der Waals surface area contributed by atoms with E-state index in [9.17, 15) is 22.8 Å². The molecule has 0 spiro atoms. The lowest BCUT2D eigenvalue weighted by atomic mass is 10.0. The number of methoxy groups -OCH3 is 1. The first kappa shape index (κ1) is 18.5.